The monoisotopic (exact) mass is 434 g/mol. The van der Waals surface area contributed by atoms with Crippen molar-refractivity contribution < 1.29 is 8.78 Å². The number of hydrogen-bond donors (Lipinski definition) is 0. The Kier molecular flexibility index (Phi) is 7.60. The molecule has 0 aliphatic heterocycles. The molecule has 170 valence electrons. The van der Waals surface area contributed by atoms with Gasteiger partial charge in [0.15, 0.2) is 0 Å². The lowest BCUT2D eigenvalue weighted by Crippen LogP contribution is -2.30. The van der Waals surface area contributed by atoms with Crippen molar-refractivity contribution in [3.8, 4) is 11.1 Å². The molecule has 32 heavy (non-hydrogen) atoms. The van der Waals surface area contributed by atoms with Gasteiger partial charge in [0, 0.05) is 5.56 Å². The van der Waals surface area contributed by atoms with E-state index >= 15 is 4.39 Å². The molecule has 4 rings (SSSR count). The fourth-order valence-corrected chi connectivity index (χ4v) is 6.13. The summed E-state index contributed by atoms with van der Waals surface area (Å²) in [6.07, 6.45) is 15.2. The lowest BCUT2D eigenvalue weighted by atomic mass is 9.63. The molecular weight excluding hydrogens is 398 g/mol. The van der Waals surface area contributed by atoms with Crippen LogP contribution in [0.1, 0.15) is 74.8 Å². The van der Waals surface area contributed by atoms with E-state index in [0.29, 0.717) is 17.0 Å². The Labute approximate surface area is 192 Å². The molecule has 2 heteroatoms. The van der Waals surface area contributed by atoms with Crippen LogP contribution >= 0.6 is 0 Å². The van der Waals surface area contributed by atoms with Crippen LogP contribution in [0.3, 0.4) is 0 Å². The summed E-state index contributed by atoms with van der Waals surface area (Å²) < 4.78 is 29.9. The molecule has 2 aliphatic carbocycles. The molecule has 4 unspecified atom stereocenters. The molecule has 0 N–H and O–H groups in total. The SMILES string of the molecule is C=CCCc1ccc(-c2ccc(C3CCC4CC(CCC=C)CCC4C3)c(F)c2)c(F)c1. The summed E-state index contributed by atoms with van der Waals surface area (Å²) in [4.78, 5) is 0. The van der Waals surface area contributed by atoms with Gasteiger partial charge in [-0.25, -0.2) is 8.78 Å². The summed E-state index contributed by atoms with van der Waals surface area (Å²) in [5.41, 5.74) is 2.86. The zero-order chi connectivity index (χ0) is 22.5. The predicted molar refractivity (Wildman–Crippen MR) is 131 cm³/mol. The molecule has 2 saturated carbocycles. The van der Waals surface area contributed by atoms with Gasteiger partial charge in [-0.15, -0.1) is 13.2 Å². The fraction of sp³-hybridized carbons (Fsp3) is 0.467. The highest BCUT2D eigenvalue weighted by molar-refractivity contribution is 5.65. The lowest BCUT2D eigenvalue weighted by Gasteiger charge is -2.42. The molecular formula is C30H36F2. The summed E-state index contributed by atoms with van der Waals surface area (Å²) >= 11 is 0. The quantitative estimate of drug-likeness (QED) is 0.364. The summed E-state index contributed by atoms with van der Waals surface area (Å²) in [5.74, 6) is 2.22. The van der Waals surface area contributed by atoms with E-state index in [4.69, 9.17) is 0 Å². The first-order valence-electron chi connectivity index (χ1n) is 12.4. The van der Waals surface area contributed by atoms with Crippen molar-refractivity contribution in [2.24, 2.45) is 17.8 Å². The van der Waals surface area contributed by atoms with Crippen molar-refractivity contribution in [2.45, 2.75) is 70.1 Å². The molecule has 0 radical (unpaired) electrons. The van der Waals surface area contributed by atoms with Crippen LogP contribution in [-0.2, 0) is 6.42 Å². The van der Waals surface area contributed by atoms with Crippen molar-refractivity contribution >= 4 is 0 Å². The fourth-order valence-electron chi connectivity index (χ4n) is 6.13. The molecule has 0 aromatic heterocycles. The van der Waals surface area contributed by atoms with E-state index in [9.17, 15) is 4.39 Å². The second kappa shape index (κ2) is 10.6. The number of hydrogen-bond acceptors (Lipinski definition) is 0. The molecule has 0 bridgehead atoms. The van der Waals surface area contributed by atoms with Crippen LogP contribution < -0.4 is 0 Å². The average molecular weight is 435 g/mol. The van der Waals surface area contributed by atoms with Crippen molar-refractivity contribution in [3.63, 3.8) is 0 Å². The second-order valence-corrected chi connectivity index (χ2v) is 9.95. The zero-order valence-corrected chi connectivity index (χ0v) is 19.2. The van der Waals surface area contributed by atoms with Crippen LogP contribution in [0.4, 0.5) is 8.78 Å². The van der Waals surface area contributed by atoms with Gasteiger partial charge in [-0.1, -0.05) is 42.8 Å². The minimum atomic E-state index is -0.285. The highest BCUT2D eigenvalue weighted by Gasteiger charge is 2.36. The normalized spacial score (nSPS) is 25.2. The number of halogens is 2. The lowest BCUT2D eigenvalue weighted by molar-refractivity contribution is 0.114. The van der Waals surface area contributed by atoms with Crippen molar-refractivity contribution in [1.29, 1.82) is 0 Å². The van der Waals surface area contributed by atoms with Gasteiger partial charge in [0.2, 0.25) is 0 Å². The summed E-state index contributed by atoms with van der Waals surface area (Å²) in [6, 6.07) is 10.6. The topological polar surface area (TPSA) is 0 Å². The maximum atomic E-state index is 15.2. The van der Waals surface area contributed by atoms with Crippen molar-refractivity contribution in [2.75, 3.05) is 0 Å². The van der Waals surface area contributed by atoms with Gasteiger partial charge in [-0.3, -0.25) is 0 Å². The van der Waals surface area contributed by atoms with Gasteiger partial charge in [-0.2, -0.15) is 0 Å². The standard InChI is InChI=1S/C30H36F2/c1-3-5-7-21-9-11-24-19-25(13-12-23(24)17-21)28-16-14-26(20-30(28)32)27-15-10-22(8-6-4-2)18-29(27)31/h3-4,10,14-16,18,20-21,23-25H,1-2,5-9,11-13,17,19H2. The Hall–Kier alpha value is -2.22. The highest BCUT2D eigenvalue weighted by Crippen LogP contribution is 2.48. The van der Waals surface area contributed by atoms with E-state index < -0.39 is 0 Å². The molecule has 2 aliphatic rings. The minimum Gasteiger partial charge on any atom is -0.207 e. The highest BCUT2D eigenvalue weighted by atomic mass is 19.1. The molecule has 2 aromatic carbocycles. The van der Waals surface area contributed by atoms with E-state index in [0.717, 1.165) is 61.0 Å². The molecule has 2 fully saturated rings. The summed E-state index contributed by atoms with van der Waals surface area (Å²) in [7, 11) is 0. The number of allylic oxidation sites excluding steroid dienone is 2. The first-order chi connectivity index (χ1) is 15.6. The van der Waals surface area contributed by atoms with E-state index in [1.165, 1.54) is 38.2 Å². The third kappa shape index (κ3) is 5.22. The Bertz CT molecular complexity index is 944. The van der Waals surface area contributed by atoms with Gasteiger partial charge >= 0.3 is 0 Å². The van der Waals surface area contributed by atoms with E-state index in [-0.39, 0.29) is 11.6 Å². The molecule has 0 nitrogen and oxygen atoms in total. The van der Waals surface area contributed by atoms with Crippen LogP contribution in [-0.4, -0.2) is 0 Å². The molecule has 0 amide bonds. The van der Waals surface area contributed by atoms with Crippen LogP contribution in [0.25, 0.3) is 11.1 Å². The second-order valence-electron chi connectivity index (χ2n) is 9.95. The number of rotatable bonds is 8. The Morgan fingerprint density at radius 2 is 1.59 bits per heavy atom. The smallest absolute Gasteiger partial charge is 0.131 e. The first-order valence-corrected chi connectivity index (χ1v) is 12.4. The third-order valence-electron chi connectivity index (χ3n) is 7.92. The first kappa shape index (κ1) is 23.0. The van der Waals surface area contributed by atoms with Crippen LogP contribution in [0.15, 0.2) is 61.7 Å². The van der Waals surface area contributed by atoms with Crippen molar-refractivity contribution in [3.05, 3.63) is 84.5 Å². The maximum absolute atomic E-state index is 15.2. The molecule has 2 aromatic rings. The third-order valence-corrected chi connectivity index (χ3v) is 7.92. The molecule has 4 atom stereocenters. The predicted octanol–water partition coefficient (Wildman–Crippen LogP) is 9.02. The minimum absolute atomic E-state index is 0.180. The maximum Gasteiger partial charge on any atom is 0.131 e. The summed E-state index contributed by atoms with van der Waals surface area (Å²) in [5, 5.41) is 0. The Morgan fingerprint density at radius 1 is 0.812 bits per heavy atom. The van der Waals surface area contributed by atoms with E-state index in [2.05, 4.69) is 13.2 Å². The number of aryl methyl sites for hydroxylation is 1. The van der Waals surface area contributed by atoms with Gasteiger partial charge in [0.05, 0.1) is 0 Å². The molecule has 0 saturated heterocycles. The number of benzene rings is 2. The van der Waals surface area contributed by atoms with Gasteiger partial charge in [0.1, 0.15) is 11.6 Å². The summed E-state index contributed by atoms with van der Waals surface area (Å²) in [6.45, 7) is 7.58. The Morgan fingerprint density at radius 3 is 2.34 bits per heavy atom. The Balaban J connectivity index is 1.43. The van der Waals surface area contributed by atoms with E-state index in [1.807, 2.05) is 30.4 Å². The average Bonchev–Trinajstić information content (AvgIpc) is 2.81. The van der Waals surface area contributed by atoms with Crippen LogP contribution in [0.5, 0.6) is 0 Å². The van der Waals surface area contributed by atoms with E-state index in [1.54, 1.807) is 12.1 Å². The van der Waals surface area contributed by atoms with Crippen molar-refractivity contribution in [1.82, 2.24) is 0 Å². The number of fused-ring (bicyclic) bond motifs is 1. The molecule has 0 heterocycles. The van der Waals surface area contributed by atoms with Crippen LogP contribution in [0, 0.1) is 29.4 Å². The van der Waals surface area contributed by atoms with Crippen LogP contribution in [0.2, 0.25) is 0 Å². The zero-order valence-electron chi connectivity index (χ0n) is 19.2. The molecule has 0 spiro atoms. The van der Waals surface area contributed by atoms with Gasteiger partial charge < -0.3 is 0 Å². The van der Waals surface area contributed by atoms with Gasteiger partial charge in [-0.05, 0) is 110 Å². The van der Waals surface area contributed by atoms with Gasteiger partial charge in [0.25, 0.3) is 0 Å². The largest absolute Gasteiger partial charge is 0.207 e.